The minimum atomic E-state index is 0.344. The number of nitrogens with one attached hydrogen (secondary N) is 1. The second kappa shape index (κ2) is 6.88. The van der Waals surface area contributed by atoms with E-state index in [0.717, 1.165) is 19.4 Å². The second-order valence-corrected chi connectivity index (χ2v) is 5.86. The van der Waals surface area contributed by atoms with Crippen LogP contribution in [-0.2, 0) is 6.42 Å². The molecule has 1 aromatic carbocycles. The van der Waals surface area contributed by atoms with Gasteiger partial charge in [0, 0.05) is 4.88 Å². The van der Waals surface area contributed by atoms with Gasteiger partial charge >= 0.3 is 0 Å². The summed E-state index contributed by atoms with van der Waals surface area (Å²) in [6, 6.07) is 11.4. The van der Waals surface area contributed by atoms with Crippen molar-refractivity contribution in [3.05, 3.63) is 57.3 Å². The Kier molecular flexibility index (Phi) is 5.17. The van der Waals surface area contributed by atoms with Crippen molar-refractivity contribution in [3.63, 3.8) is 0 Å². The van der Waals surface area contributed by atoms with Gasteiger partial charge in [-0.05, 0) is 54.4 Å². The van der Waals surface area contributed by atoms with Crippen LogP contribution < -0.4 is 5.32 Å². The molecule has 0 saturated heterocycles. The zero-order valence-electron chi connectivity index (χ0n) is 12.1. The minimum Gasteiger partial charge on any atom is -0.306 e. The maximum atomic E-state index is 3.71. The Bertz CT molecular complexity index is 515. The van der Waals surface area contributed by atoms with Crippen molar-refractivity contribution < 1.29 is 0 Å². The maximum Gasteiger partial charge on any atom is 0.0676 e. The van der Waals surface area contributed by atoms with E-state index in [1.54, 1.807) is 0 Å². The van der Waals surface area contributed by atoms with E-state index >= 15 is 0 Å². The summed E-state index contributed by atoms with van der Waals surface area (Å²) < 4.78 is 0. The third-order valence-electron chi connectivity index (χ3n) is 3.51. The number of thiophene rings is 1. The molecular weight excluding hydrogens is 250 g/mol. The first kappa shape index (κ1) is 14.3. The average Bonchev–Trinajstić information content (AvgIpc) is 2.86. The fourth-order valence-electron chi connectivity index (χ4n) is 2.45. The van der Waals surface area contributed by atoms with Crippen molar-refractivity contribution >= 4 is 11.3 Å². The van der Waals surface area contributed by atoms with E-state index in [9.17, 15) is 0 Å². The molecule has 19 heavy (non-hydrogen) atoms. The molecule has 1 nitrogen and oxygen atoms in total. The van der Waals surface area contributed by atoms with Crippen LogP contribution in [0.15, 0.2) is 35.7 Å². The van der Waals surface area contributed by atoms with Gasteiger partial charge in [0.2, 0.25) is 0 Å². The SMILES string of the molecule is CCCNC(c1ccccc1CC)c1sccc1C. The molecular formula is C17H23NS. The number of benzene rings is 1. The monoisotopic (exact) mass is 273 g/mol. The summed E-state index contributed by atoms with van der Waals surface area (Å²) in [5.41, 5.74) is 4.28. The van der Waals surface area contributed by atoms with Crippen molar-refractivity contribution in [2.24, 2.45) is 0 Å². The van der Waals surface area contributed by atoms with Gasteiger partial charge in [-0.15, -0.1) is 11.3 Å². The number of rotatable bonds is 6. The van der Waals surface area contributed by atoms with Crippen LogP contribution in [-0.4, -0.2) is 6.54 Å². The Hall–Kier alpha value is -1.12. The van der Waals surface area contributed by atoms with Crippen molar-refractivity contribution in [1.82, 2.24) is 5.32 Å². The highest BCUT2D eigenvalue weighted by Crippen LogP contribution is 2.31. The highest BCUT2D eigenvalue weighted by molar-refractivity contribution is 7.10. The van der Waals surface area contributed by atoms with Crippen LogP contribution in [0, 0.1) is 6.92 Å². The Morgan fingerprint density at radius 3 is 2.58 bits per heavy atom. The molecule has 2 heteroatoms. The molecule has 1 unspecified atom stereocenters. The summed E-state index contributed by atoms with van der Waals surface area (Å²) >= 11 is 1.86. The van der Waals surface area contributed by atoms with E-state index in [-0.39, 0.29) is 0 Å². The normalized spacial score (nSPS) is 12.6. The molecule has 1 heterocycles. The summed E-state index contributed by atoms with van der Waals surface area (Å²) in [4.78, 5) is 1.45. The van der Waals surface area contributed by atoms with Gasteiger partial charge in [0.05, 0.1) is 6.04 Å². The lowest BCUT2D eigenvalue weighted by molar-refractivity contribution is 0.600. The summed E-state index contributed by atoms with van der Waals surface area (Å²) in [6.07, 6.45) is 2.25. The van der Waals surface area contributed by atoms with Crippen LogP contribution in [0.1, 0.15) is 47.9 Å². The number of aryl methyl sites for hydroxylation is 2. The van der Waals surface area contributed by atoms with E-state index in [1.807, 2.05) is 11.3 Å². The van der Waals surface area contributed by atoms with Crippen molar-refractivity contribution in [3.8, 4) is 0 Å². The number of hydrogen-bond donors (Lipinski definition) is 1. The molecule has 102 valence electrons. The Morgan fingerprint density at radius 1 is 1.16 bits per heavy atom. The zero-order valence-corrected chi connectivity index (χ0v) is 12.9. The first-order valence-electron chi connectivity index (χ1n) is 7.13. The van der Waals surface area contributed by atoms with E-state index in [0.29, 0.717) is 6.04 Å². The topological polar surface area (TPSA) is 12.0 Å². The Balaban J connectivity index is 2.40. The summed E-state index contributed by atoms with van der Waals surface area (Å²) in [6.45, 7) is 7.72. The quantitative estimate of drug-likeness (QED) is 0.804. The first-order chi connectivity index (χ1) is 9.27. The van der Waals surface area contributed by atoms with Crippen LogP contribution in [0.3, 0.4) is 0 Å². The largest absolute Gasteiger partial charge is 0.306 e. The molecule has 0 amide bonds. The fourth-order valence-corrected chi connectivity index (χ4v) is 3.47. The summed E-state index contributed by atoms with van der Waals surface area (Å²) in [5, 5.41) is 5.91. The Morgan fingerprint density at radius 2 is 1.95 bits per heavy atom. The van der Waals surface area contributed by atoms with Gasteiger partial charge in [-0.2, -0.15) is 0 Å². The molecule has 0 aliphatic heterocycles. The molecule has 1 N–H and O–H groups in total. The number of hydrogen-bond acceptors (Lipinski definition) is 2. The predicted molar refractivity (Wildman–Crippen MR) is 85.0 cm³/mol. The van der Waals surface area contributed by atoms with Crippen molar-refractivity contribution in [2.75, 3.05) is 6.54 Å². The second-order valence-electron chi connectivity index (χ2n) is 4.91. The molecule has 0 aliphatic rings. The highest BCUT2D eigenvalue weighted by Gasteiger charge is 2.18. The average molecular weight is 273 g/mol. The lowest BCUT2D eigenvalue weighted by atomic mass is 9.96. The van der Waals surface area contributed by atoms with E-state index in [4.69, 9.17) is 0 Å². The standard InChI is InChI=1S/C17H23NS/c1-4-11-18-16(17-13(3)10-12-19-17)15-9-7-6-8-14(15)5-2/h6-10,12,16,18H,4-5,11H2,1-3H3. The molecule has 0 spiro atoms. The summed E-state index contributed by atoms with van der Waals surface area (Å²) in [7, 11) is 0. The van der Waals surface area contributed by atoms with Crippen LogP contribution in [0.2, 0.25) is 0 Å². The van der Waals surface area contributed by atoms with Gasteiger partial charge in [0.15, 0.2) is 0 Å². The van der Waals surface area contributed by atoms with E-state index < -0.39 is 0 Å². The van der Waals surface area contributed by atoms with Crippen LogP contribution in [0.25, 0.3) is 0 Å². The maximum absolute atomic E-state index is 3.71. The third kappa shape index (κ3) is 3.26. The van der Waals surface area contributed by atoms with E-state index in [2.05, 4.69) is 61.8 Å². The lowest BCUT2D eigenvalue weighted by Crippen LogP contribution is -2.24. The molecule has 0 fully saturated rings. The molecule has 1 aromatic heterocycles. The van der Waals surface area contributed by atoms with Gasteiger partial charge in [0.1, 0.15) is 0 Å². The third-order valence-corrected chi connectivity index (χ3v) is 4.59. The van der Waals surface area contributed by atoms with Crippen LogP contribution in [0.4, 0.5) is 0 Å². The van der Waals surface area contributed by atoms with Gasteiger partial charge in [-0.25, -0.2) is 0 Å². The molecule has 0 aliphatic carbocycles. The smallest absolute Gasteiger partial charge is 0.0676 e. The lowest BCUT2D eigenvalue weighted by Gasteiger charge is -2.21. The molecule has 0 saturated carbocycles. The van der Waals surface area contributed by atoms with Crippen LogP contribution >= 0.6 is 11.3 Å². The van der Waals surface area contributed by atoms with Crippen molar-refractivity contribution in [2.45, 2.75) is 39.7 Å². The van der Waals surface area contributed by atoms with Crippen LogP contribution in [0.5, 0.6) is 0 Å². The molecule has 1 atom stereocenters. The molecule has 2 aromatic rings. The molecule has 0 radical (unpaired) electrons. The predicted octanol–water partition coefficient (Wildman–Crippen LogP) is 4.71. The van der Waals surface area contributed by atoms with Gasteiger partial charge in [-0.1, -0.05) is 38.1 Å². The van der Waals surface area contributed by atoms with Gasteiger partial charge < -0.3 is 5.32 Å². The molecule has 0 bridgehead atoms. The Labute approximate surface area is 120 Å². The van der Waals surface area contributed by atoms with Gasteiger partial charge in [-0.3, -0.25) is 0 Å². The molecule has 2 rings (SSSR count). The van der Waals surface area contributed by atoms with Crippen molar-refractivity contribution in [1.29, 1.82) is 0 Å². The fraction of sp³-hybridized carbons (Fsp3) is 0.412. The van der Waals surface area contributed by atoms with E-state index in [1.165, 1.54) is 21.6 Å². The summed E-state index contributed by atoms with van der Waals surface area (Å²) in [5.74, 6) is 0. The highest BCUT2D eigenvalue weighted by atomic mass is 32.1. The van der Waals surface area contributed by atoms with Gasteiger partial charge in [0.25, 0.3) is 0 Å². The minimum absolute atomic E-state index is 0.344. The zero-order chi connectivity index (χ0) is 13.7. The first-order valence-corrected chi connectivity index (χ1v) is 8.01.